The maximum Gasteiger partial charge on any atom is 0.127 e. The van der Waals surface area contributed by atoms with Crippen LogP contribution in [-0.4, -0.2) is 25.6 Å². The van der Waals surface area contributed by atoms with E-state index in [1.165, 1.54) is 5.56 Å². The van der Waals surface area contributed by atoms with Crippen LogP contribution in [0.1, 0.15) is 5.56 Å². The largest absolute Gasteiger partial charge is 0.457 e. The van der Waals surface area contributed by atoms with Crippen molar-refractivity contribution < 1.29 is 9.22 Å². The van der Waals surface area contributed by atoms with E-state index in [9.17, 15) is 0 Å². The van der Waals surface area contributed by atoms with Crippen LogP contribution in [0.4, 0.5) is 0 Å². The Balaban J connectivity index is 2.04. The van der Waals surface area contributed by atoms with Crippen LogP contribution >= 0.6 is 0 Å². The molecule has 0 amide bonds. The number of rotatable bonds is 4. The fourth-order valence-electron chi connectivity index (χ4n) is 1.84. The van der Waals surface area contributed by atoms with Gasteiger partial charge in [0.2, 0.25) is 0 Å². The van der Waals surface area contributed by atoms with Crippen LogP contribution in [0.25, 0.3) is 0 Å². The van der Waals surface area contributed by atoms with Crippen molar-refractivity contribution in [1.29, 1.82) is 0 Å². The minimum atomic E-state index is 0.872. The third-order valence-corrected chi connectivity index (χ3v) is 2.56. The number of quaternary nitrogens is 1. The number of nitrogens with zero attached hydrogens (tertiary/aromatic N) is 1. The normalized spacial score (nSPS) is 11.3. The van der Waals surface area contributed by atoms with Crippen molar-refractivity contribution in [1.82, 2.24) is 0 Å². The van der Waals surface area contributed by atoms with Gasteiger partial charge in [-0.05, 0) is 36.4 Å². The first-order valence-electron chi connectivity index (χ1n) is 6.15. The van der Waals surface area contributed by atoms with Crippen molar-refractivity contribution in [2.45, 2.75) is 6.54 Å². The second-order valence-electron chi connectivity index (χ2n) is 5.51. The highest BCUT2D eigenvalue weighted by Gasteiger charge is 2.08. The Morgan fingerprint density at radius 3 is 1.89 bits per heavy atom. The molecular formula is C16H20NO+. The summed E-state index contributed by atoms with van der Waals surface area (Å²) in [7, 11) is 6.57. The molecule has 0 saturated heterocycles. The van der Waals surface area contributed by atoms with E-state index in [0.29, 0.717) is 0 Å². The first-order chi connectivity index (χ1) is 8.53. The van der Waals surface area contributed by atoms with Crippen LogP contribution in [0.15, 0.2) is 54.6 Å². The lowest BCUT2D eigenvalue weighted by Crippen LogP contribution is -2.33. The Morgan fingerprint density at radius 2 is 1.33 bits per heavy atom. The summed E-state index contributed by atoms with van der Waals surface area (Å²) in [4.78, 5) is 0. The smallest absolute Gasteiger partial charge is 0.127 e. The minimum absolute atomic E-state index is 0.872. The Kier molecular flexibility index (Phi) is 3.68. The predicted octanol–water partition coefficient (Wildman–Crippen LogP) is 3.69. The Bertz CT molecular complexity index is 483. The first-order valence-corrected chi connectivity index (χ1v) is 6.15. The van der Waals surface area contributed by atoms with Gasteiger partial charge in [0.05, 0.1) is 21.1 Å². The van der Waals surface area contributed by atoms with E-state index in [-0.39, 0.29) is 0 Å². The van der Waals surface area contributed by atoms with Gasteiger partial charge in [0.25, 0.3) is 0 Å². The molecule has 0 heterocycles. The van der Waals surface area contributed by atoms with Crippen molar-refractivity contribution in [3.63, 3.8) is 0 Å². The number of para-hydroxylation sites is 1. The molecule has 2 aromatic rings. The zero-order valence-corrected chi connectivity index (χ0v) is 11.3. The summed E-state index contributed by atoms with van der Waals surface area (Å²) in [5, 5.41) is 0. The Morgan fingerprint density at radius 1 is 0.778 bits per heavy atom. The van der Waals surface area contributed by atoms with Crippen LogP contribution in [-0.2, 0) is 6.54 Å². The molecule has 2 rings (SSSR count). The SMILES string of the molecule is C[N+](C)(C)Cc1ccc(Oc2ccccc2)cc1. The van der Waals surface area contributed by atoms with Gasteiger partial charge in [0, 0.05) is 5.56 Å². The Labute approximate surface area is 109 Å². The van der Waals surface area contributed by atoms with Crippen LogP contribution in [0.2, 0.25) is 0 Å². The molecule has 0 saturated carbocycles. The van der Waals surface area contributed by atoms with Crippen LogP contribution in [0.5, 0.6) is 11.5 Å². The molecular weight excluding hydrogens is 222 g/mol. The maximum atomic E-state index is 5.76. The molecule has 0 fully saturated rings. The summed E-state index contributed by atoms with van der Waals surface area (Å²) in [5.74, 6) is 1.75. The topological polar surface area (TPSA) is 9.23 Å². The fraction of sp³-hybridized carbons (Fsp3) is 0.250. The number of benzene rings is 2. The molecule has 0 unspecified atom stereocenters. The molecule has 2 heteroatoms. The van der Waals surface area contributed by atoms with Crippen molar-refractivity contribution in [2.24, 2.45) is 0 Å². The molecule has 0 radical (unpaired) electrons. The van der Waals surface area contributed by atoms with Gasteiger partial charge in [-0.2, -0.15) is 0 Å². The molecule has 0 aliphatic heterocycles. The zero-order valence-electron chi connectivity index (χ0n) is 11.3. The fourth-order valence-corrected chi connectivity index (χ4v) is 1.84. The maximum absolute atomic E-state index is 5.76. The molecule has 18 heavy (non-hydrogen) atoms. The van der Waals surface area contributed by atoms with Gasteiger partial charge in [0.1, 0.15) is 18.0 Å². The molecule has 94 valence electrons. The van der Waals surface area contributed by atoms with E-state index >= 15 is 0 Å². The molecule has 0 atom stereocenters. The zero-order chi connectivity index (χ0) is 13.0. The summed E-state index contributed by atoms with van der Waals surface area (Å²) in [6.45, 7) is 1.02. The highest BCUT2D eigenvalue weighted by atomic mass is 16.5. The summed E-state index contributed by atoms with van der Waals surface area (Å²) in [6, 6.07) is 18.2. The predicted molar refractivity (Wildman–Crippen MR) is 74.7 cm³/mol. The molecule has 2 aromatic carbocycles. The summed E-state index contributed by atoms with van der Waals surface area (Å²) >= 11 is 0. The van der Waals surface area contributed by atoms with Gasteiger partial charge in [0.15, 0.2) is 0 Å². The monoisotopic (exact) mass is 242 g/mol. The highest BCUT2D eigenvalue weighted by molar-refractivity contribution is 5.32. The molecule has 0 aromatic heterocycles. The molecule has 0 N–H and O–H groups in total. The van der Waals surface area contributed by atoms with Crippen molar-refractivity contribution >= 4 is 0 Å². The number of hydrogen-bond donors (Lipinski definition) is 0. The minimum Gasteiger partial charge on any atom is -0.457 e. The quantitative estimate of drug-likeness (QED) is 0.743. The van der Waals surface area contributed by atoms with E-state index in [1.807, 2.05) is 42.5 Å². The van der Waals surface area contributed by atoms with E-state index in [4.69, 9.17) is 4.74 Å². The molecule has 0 spiro atoms. The standard InChI is InChI=1S/C16H20NO/c1-17(2,3)13-14-9-11-16(12-10-14)18-15-7-5-4-6-8-15/h4-12H,13H2,1-3H3/q+1. The van der Waals surface area contributed by atoms with Gasteiger partial charge in [-0.15, -0.1) is 0 Å². The van der Waals surface area contributed by atoms with Gasteiger partial charge >= 0.3 is 0 Å². The molecule has 0 bridgehead atoms. The lowest BCUT2D eigenvalue weighted by molar-refractivity contribution is -0.884. The molecule has 2 nitrogen and oxygen atoms in total. The Hall–Kier alpha value is -1.80. The van der Waals surface area contributed by atoms with E-state index in [0.717, 1.165) is 22.5 Å². The van der Waals surface area contributed by atoms with Crippen molar-refractivity contribution in [3.8, 4) is 11.5 Å². The van der Waals surface area contributed by atoms with E-state index in [1.54, 1.807) is 0 Å². The third kappa shape index (κ3) is 3.90. The second-order valence-corrected chi connectivity index (χ2v) is 5.51. The second kappa shape index (κ2) is 5.23. The van der Waals surface area contributed by atoms with Crippen LogP contribution in [0, 0.1) is 0 Å². The third-order valence-electron chi connectivity index (χ3n) is 2.56. The van der Waals surface area contributed by atoms with E-state index in [2.05, 4.69) is 33.3 Å². The van der Waals surface area contributed by atoms with Gasteiger partial charge in [-0.1, -0.05) is 18.2 Å². The first kappa shape index (κ1) is 12.7. The average Bonchev–Trinajstić information content (AvgIpc) is 2.31. The van der Waals surface area contributed by atoms with Crippen LogP contribution in [0.3, 0.4) is 0 Å². The van der Waals surface area contributed by atoms with E-state index < -0.39 is 0 Å². The lowest BCUT2D eigenvalue weighted by atomic mass is 10.2. The molecule has 0 aliphatic rings. The van der Waals surface area contributed by atoms with Gasteiger partial charge < -0.3 is 9.22 Å². The summed E-state index contributed by atoms with van der Waals surface area (Å²) in [5.41, 5.74) is 1.32. The lowest BCUT2D eigenvalue weighted by Gasteiger charge is -2.23. The summed E-state index contributed by atoms with van der Waals surface area (Å²) < 4.78 is 6.69. The average molecular weight is 242 g/mol. The van der Waals surface area contributed by atoms with Gasteiger partial charge in [-0.25, -0.2) is 0 Å². The van der Waals surface area contributed by atoms with Crippen molar-refractivity contribution in [2.75, 3.05) is 21.1 Å². The number of ether oxygens (including phenoxy) is 1. The number of hydrogen-bond acceptors (Lipinski definition) is 1. The molecule has 0 aliphatic carbocycles. The van der Waals surface area contributed by atoms with Crippen LogP contribution < -0.4 is 4.74 Å². The summed E-state index contributed by atoms with van der Waals surface area (Å²) in [6.07, 6.45) is 0. The van der Waals surface area contributed by atoms with Crippen molar-refractivity contribution in [3.05, 3.63) is 60.2 Å². The van der Waals surface area contributed by atoms with Gasteiger partial charge in [-0.3, -0.25) is 0 Å². The highest BCUT2D eigenvalue weighted by Crippen LogP contribution is 2.21.